The van der Waals surface area contributed by atoms with Crippen molar-refractivity contribution in [3.63, 3.8) is 0 Å². The maximum atomic E-state index is 13.0. The number of rotatable bonds is 6. The van der Waals surface area contributed by atoms with Crippen LogP contribution in [-0.2, 0) is 11.3 Å². The first-order valence-corrected chi connectivity index (χ1v) is 10.1. The molecule has 3 aromatic rings. The van der Waals surface area contributed by atoms with Crippen LogP contribution in [0.1, 0.15) is 10.4 Å². The van der Waals surface area contributed by atoms with Crippen molar-refractivity contribution in [3.8, 4) is 11.5 Å². The number of nitrogens with zero attached hydrogens (tertiary/aromatic N) is 2. The Kier molecular flexibility index (Phi) is 5.76. The van der Waals surface area contributed by atoms with E-state index in [4.69, 9.17) is 9.47 Å². The van der Waals surface area contributed by atoms with Crippen LogP contribution in [0.5, 0.6) is 11.5 Å². The molecule has 0 bridgehead atoms. The monoisotopic (exact) mass is 422 g/mol. The van der Waals surface area contributed by atoms with Crippen molar-refractivity contribution in [1.29, 1.82) is 0 Å². The number of hydrogen-bond acceptors (Lipinski definition) is 6. The Labute approximate surface area is 176 Å². The molecule has 0 spiro atoms. The van der Waals surface area contributed by atoms with Crippen molar-refractivity contribution in [1.82, 2.24) is 0 Å². The van der Waals surface area contributed by atoms with Gasteiger partial charge in [-0.3, -0.25) is 14.9 Å². The second kappa shape index (κ2) is 8.79. The van der Waals surface area contributed by atoms with Crippen molar-refractivity contribution in [2.24, 2.45) is 0 Å². The van der Waals surface area contributed by atoms with Gasteiger partial charge >= 0.3 is 0 Å². The van der Waals surface area contributed by atoms with Crippen LogP contribution in [0.25, 0.3) is 6.08 Å². The molecule has 8 heteroatoms. The average molecular weight is 422 g/mol. The molecule has 152 valence electrons. The third kappa shape index (κ3) is 4.49. The summed E-state index contributed by atoms with van der Waals surface area (Å²) in [5.41, 5.74) is 1.41. The number of carbonyl (C=O) groups is 1. The fourth-order valence-electron chi connectivity index (χ4n) is 3.02. The quantitative estimate of drug-likeness (QED) is 0.327. The molecule has 0 aliphatic carbocycles. The third-order valence-corrected chi connectivity index (χ3v) is 5.38. The highest BCUT2D eigenvalue weighted by molar-refractivity contribution is 7.09. The van der Waals surface area contributed by atoms with Crippen LogP contribution < -0.4 is 14.4 Å². The molecule has 2 heterocycles. The number of hydrogen-bond donors (Lipinski definition) is 0. The Morgan fingerprint density at radius 3 is 2.57 bits per heavy atom. The second-order valence-electron chi connectivity index (χ2n) is 6.51. The van der Waals surface area contributed by atoms with E-state index in [0.717, 1.165) is 4.88 Å². The molecule has 1 aliphatic rings. The number of thiophene rings is 1. The highest BCUT2D eigenvalue weighted by Crippen LogP contribution is 2.34. The van der Waals surface area contributed by atoms with Gasteiger partial charge in [0.25, 0.3) is 11.6 Å². The van der Waals surface area contributed by atoms with E-state index in [9.17, 15) is 14.9 Å². The molecule has 0 fully saturated rings. The van der Waals surface area contributed by atoms with E-state index in [1.54, 1.807) is 46.6 Å². The lowest BCUT2D eigenvalue weighted by atomic mass is 10.2. The number of carbonyl (C=O) groups excluding carboxylic acids is 1. The highest BCUT2D eigenvalue weighted by atomic mass is 32.1. The zero-order valence-electron chi connectivity index (χ0n) is 15.9. The molecule has 4 rings (SSSR count). The van der Waals surface area contributed by atoms with Gasteiger partial charge in [0.05, 0.1) is 11.5 Å². The predicted molar refractivity (Wildman–Crippen MR) is 115 cm³/mol. The lowest BCUT2D eigenvalue weighted by Gasteiger charge is -2.24. The number of nitro groups is 1. The Morgan fingerprint density at radius 1 is 1.10 bits per heavy atom. The minimum absolute atomic E-state index is 0.00840. The van der Waals surface area contributed by atoms with E-state index < -0.39 is 4.92 Å². The molecule has 7 nitrogen and oxygen atoms in total. The molecule has 0 radical (unpaired) electrons. The van der Waals surface area contributed by atoms with Crippen molar-refractivity contribution < 1.29 is 19.2 Å². The maximum absolute atomic E-state index is 13.0. The molecule has 30 heavy (non-hydrogen) atoms. The zero-order chi connectivity index (χ0) is 20.9. The van der Waals surface area contributed by atoms with Gasteiger partial charge in [0.2, 0.25) is 0 Å². The molecule has 2 aromatic carbocycles. The van der Waals surface area contributed by atoms with E-state index in [1.165, 1.54) is 18.2 Å². The molecule has 1 amide bonds. The first-order chi connectivity index (χ1) is 14.6. The first kappa shape index (κ1) is 19.7. The van der Waals surface area contributed by atoms with Crippen molar-refractivity contribution >= 4 is 34.7 Å². The minimum atomic E-state index is -0.455. The largest absolute Gasteiger partial charge is 0.486 e. The number of fused-ring (bicyclic) bond motifs is 1. The summed E-state index contributed by atoms with van der Waals surface area (Å²) >= 11 is 1.57. The van der Waals surface area contributed by atoms with Gasteiger partial charge in [0.15, 0.2) is 11.5 Å². The van der Waals surface area contributed by atoms with Crippen LogP contribution in [0.4, 0.5) is 11.4 Å². The lowest BCUT2D eigenvalue weighted by Crippen LogP contribution is -2.28. The van der Waals surface area contributed by atoms with Crippen molar-refractivity contribution in [2.45, 2.75) is 6.54 Å². The maximum Gasteiger partial charge on any atom is 0.269 e. The first-order valence-electron chi connectivity index (χ1n) is 9.26. The van der Waals surface area contributed by atoms with Crippen LogP contribution in [0.3, 0.4) is 0 Å². The van der Waals surface area contributed by atoms with E-state index in [0.29, 0.717) is 42.5 Å². The van der Waals surface area contributed by atoms with Gasteiger partial charge in [-0.15, -0.1) is 11.3 Å². The number of nitro benzene ring substituents is 1. The van der Waals surface area contributed by atoms with Crippen LogP contribution in [-0.4, -0.2) is 24.0 Å². The van der Waals surface area contributed by atoms with Gasteiger partial charge in [-0.1, -0.05) is 6.07 Å². The van der Waals surface area contributed by atoms with E-state index in [1.807, 2.05) is 23.6 Å². The molecular weight excluding hydrogens is 404 g/mol. The molecule has 0 N–H and O–H groups in total. The molecule has 0 saturated carbocycles. The fraction of sp³-hybridized carbons (Fsp3) is 0.136. The normalized spacial score (nSPS) is 12.7. The Morgan fingerprint density at radius 2 is 1.87 bits per heavy atom. The van der Waals surface area contributed by atoms with Crippen LogP contribution in [0.15, 0.2) is 66.1 Å². The van der Waals surface area contributed by atoms with E-state index in [-0.39, 0.29) is 11.6 Å². The standard InChI is InChI=1S/C22H18N2O5S/c25-22(10-5-16-3-6-17(7-4-16)24(26)27)23(15-19-2-1-13-30-19)18-8-9-20-21(14-18)29-12-11-28-20/h1-10,13-14H,11-12,15H2/b10-5+. The Hall–Kier alpha value is -3.65. The van der Waals surface area contributed by atoms with Crippen LogP contribution >= 0.6 is 11.3 Å². The summed E-state index contributed by atoms with van der Waals surface area (Å²) in [4.78, 5) is 26.1. The summed E-state index contributed by atoms with van der Waals surface area (Å²) in [6, 6.07) is 15.4. The Bertz CT molecular complexity index is 1080. The molecular formula is C22H18N2O5S. The Balaban J connectivity index is 1.59. The highest BCUT2D eigenvalue weighted by Gasteiger charge is 2.19. The smallest absolute Gasteiger partial charge is 0.269 e. The van der Waals surface area contributed by atoms with E-state index in [2.05, 4.69) is 0 Å². The number of ether oxygens (including phenoxy) is 2. The van der Waals surface area contributed by atoms with Crippen LogP contribution in [0.2, 0.25) is 0 Å². The molecule has 1 aliphatic heterocycles. The molecule has 1 aromatic heterocycles. The van der Waals surface area contributed by atoms with Crippen molar-refractivity contribution in [3.05, 3.63) is 86.6 Å². The lowest BCUT2D eigenvalue weighted by molar-refractivity contribution is -0.384. The third-order valence-electron chi connectivity index (χ3n) is 4.52. The van der Waals surface area contributed by atoms with Gasteiger partial charge in [-0.2, -0.15) is 0 Å². The van der Waals surface area contributed by atoms with Crippen molar-refractivity contribution in [2.75, 3.05) is 18.1 Å². The molecule has 0 unspecified atom stereocenters. The number of benzene rings is 2. The number of anilines is 1. The predicted octanol–water partition coefficient (Wildman–Crippen LogP) is 4.67. The van der Waals surface area contributed by atoms with Crippen LogP contribution in [0, 0.1) is 10.1 Å². The summed E-state index contributed by atoms with van der Waals surface area (Å²) in [7, 11) is 0. The summed E-state index contributed by atoms with van der Waals surface area (Å²) in [6.07, 6.45) is 3.11. The summed E-state index contributed by atoms with van der Waals surface area (Å²) in [6.45, 7) is 1.39. The average Bonchev–Trinajstić information content (AvgIpc) is 3.29. The van der Waals surface area contributed by atoms with Gasteiger partial charge in [-0.25, -0.2) is 0 Å². The SMILES string of the molecule is O=C(/C=C/c1ccc([N+](=O)[O-])cc1)N(Cc1cccs1)c1ccc2c(c1)OCCO2. The minimum Gasteiger partial charge on any atom is -0.486 e. The zero-order valence-corrected chi connectivity index (χ0v) is 16.7. The molecule has 0 atom stereocenters. The van der Waals surface area contributed by atoms with Gasteiger partial charge in [-0.05, 0) is 47.4 Å². The topological polar surface area (TPSA) is 81.9 Å². The molecule has 0 saturated heterocycles. The summed E-state index contributed by atoms with van der Waals surface area (Å²) < 4.78 is 11.2. The van der Waals surface area contributed by atoms with Gasteiger partial charge in [0.1, 0.15) is 13.2 Å². The second-order valence-corrected chi connectivity index (χ2v) is 7.55. The fourth-order valence-corrected chi connectivity index (χ4v) is 3.71. The summed E-state index contributed by atoms with van der Waals surface area (Å²) in [5, 5.41) is 12.8. The van der Waals surface area contributed by atoms with Gasteiger partial charge < -0.3 is 14.4 Å². The van der Waals surface area contributed by atoms with Gasteiger partial charge in [0, 0.05) is 34.8 Å². The summed E-state index contributed by atoms with van der Waals surface area (Å²) in [5.74, 6) is 1.07. The number of non-ortho nitro benzene ring substituents is 1. The number of amides is 1. The van der Waals surface area contributed by atoms with E-state index >= 15 is 0 Å².